The molecule has 8 heteroatoms. The molecule has 0 atom stereocenters. The zero-order valence-electron chi connectivity index (χ0n) is 19.5. The highest BCUT2D eigenvalue weighted by molar-refractivity contribution is 5.97. The van der Waals surface area contributed by atoms with E-state index in [9.17, 15) is 14.4 Å². The third kappa shape index (κ3) is 5.20. The number of nitriles is 1. The number of rotatable bonds is 4. The maximum atomic E-state index is 13.1. The van der Waals surface area contributed by atoms with Gasteiger partial charge in [0.15, 0.2) is 0 Å². The van der Waals surface area contributed by atoms with Crippen molar-refractivity contribution in [3.05, 3.63) is 64.7 Å². The van der Waals surface area contributed by atoms with E-state index >= 15 is 0 Å². The van der Waals surface area contributed by atoms with Gasteiger partial charge < -0.3 is 20.4 Å². The molecule has 2 aliphatic heterocycles. The number of urea groups is 1. The number of benzene rings is 2. The van der Waals surface area contributed by atoms with E-state index in [0.717, 1.165) is 18.4 Å². The monoisotopic (exact) mass is 459 g/mol. The van der Waals surface area contributed by atoms with E-state index in [1.807, 2.05) is 42.2 Å². The lowest BCUT2D eigenvalue weighted by Gasteiger charge is -2.39. The predicted octanol–water partition coefficient (Wildman–Crippen LogP) is 3.24. The number of piperidine rings is 1. The summed E-state index contributed by atoms with van der Waals surface area (Å²) < 4.78 is 0. The molecule has 4 rings (SSSR count). The smallest absolute Gasteiger partial charge is 0.321 e. The van der Waals surface area contributed by atoms with E-state index in [2.05, 4.69) is 16.7 Å². The van der Waals surface area contributed by atoms with Gasteiger partial charge in [-0.2, -0.15) is 5.26 Å². The van der Waals surface area contributed by atoms with Crippen molar-refractivity contribution in [2.45, 2.75) is 38.6 Å². The number of anilines is 1. The third-order valence-electron chi connectivity index (χ3n) is 6.60. The highest BCUT2D eigenvalue weighted by Gasteiger charge is 2.31. The molecule has 0 unspecified atom stereocenters. The summed E-state index contributed by atoms with van der Waals surface area (Å²) in [4.78, 5) is 40.3. The normalized spacial score (nSPS) is 16.4. The van der Waals surface area contributed by atoms with Crippen molar-refractivity contribution >= 4 is 23.5 Å². The van der Waals surface area contributed by atoms with Crippen LogP contribution in [0, 0.1) is 18.3 Å². The summed E-state index contributed by atoms with van der Waals surface area (Å²) in [5, 5.41) is 14.7. The Morgan fingerprint density at radius 2 is 1.68 bits per heavy atom. The minimum absolute atomic E-state index is 0.00975. The summed E-state index contributed by atoms with van der Waals surface area (Å²) >= 11 is 0. The summed E-state index contributed by atoms with van der Waals surface area (Å²) in [5.41, 5.74) is 3.91. The van der Waals surface area contributed by atoms with E-state index < -0.39 is 0 Å². The minimum atomic E-state index is -0.238. The van der Waals surface area contributed by atoms with Crippen LogP contribution in [0.5, 0.6) is 0 Å². The molecule has 34 heavy (non-hydrogen) atoms. The fraction of sp³-hybridized carbons (Fsp3) is 0.385. The largest absolute Gasteiger partial charge is 0.350 e. The van der Waals surface area contributed by atoms with Crippen LogP contribution >= 0.6 is 0 Å². The molecule has 2 fully saturated rings. The van der Waals surface area contributed by atoms with Gasteiger partial charge in [0.2, 0.25) is 5.91 Å². The van der Waals surface area contributed by atoms with Gasteiger partial charge in [-0.25, -0.2) is 4.79 Å². The van der Waals surface area contributed by atoms with Crippen LogP contribution < -0.4 is 10.6 Å². The molecular weight excluding hydrogens is 430 g/mol. The fourth-order valence-electron chi connectivity index (χ4n) is 4.54. The molecule has 2 heterocycles. The average molecular weight is 460 g/mol. The van der Waals surface area contributed by atoms with Gasteiger partial charge in [0.05, 0.1) is 17.7 Å². The first-order valence-corrected chi connectivity index (χ1v) is 11.6. The fourth-order valence-corrected chi connectivity index (χ4v) is 4.54. The predicted molar refractivity (Wildman–Crippen MR) is 128 cm³/mol. The highest BCUT2D eigenvalue weighted by Crippen LogP contribution is 2.29. The Labute approximate surface area is 199 Å². The van der Waals surface area contributed by atoms with E-state index in [1.165, 1.54) is 12.5 Å². The van der Waals surface area contributed by atoms with Gasteiger partial charge in [-0.1, -0.05) is 18.2 Å². The number of nitrogens with zero attached hydrogens (tertiary/aromatic N) is 3. The number of amides is 4. The molecule has 0 aromatic heterocycles. The Kier molecular flexibility index (Phi) is 6.82. The van der Waals surface area contributed by atoms with Crippen molar-refractivity contribution < 1.29 is 14.4 Å². The van der Waals surface area contributed by atoms with Crippen molar-refractivity contribution in [3.8, 4) is 6.07 Å². The lowest BCUT2D eigenvalue weighted by atomic mass is 9.89. The highest BCUT2D eigenvalue weighted by atomic mass is 16.2. The molecule has 2 saturated heterocycles. The molecule has 2 N–H and O–H groups in total. The summed E-state index contributed by atoms with van der Waals surface area (Å²) in [6.07, 6.45) is 1.75. The number of hydrogen-bond acceptors (Lipinski definition) is 4. The van der Waals surface area contributed by atoms with Gasteiger partial charge in [0.25, 0.3) is 5.91 Å². The molecule has 2 aromatic rings. The molecule has 0 aliphatic carbocycles. The lowest BCUT2D eigenvalue weighted by Crippen LogP contribution is -2.61. The molecule has 0 bridgehead atoms. The molecular formula is C26H29N5O3. The number of likely N-dealkylation sites (tertiary alicyclic amines) is 2. The van der Waals surface area contributed by atoms with Crippen molar-refractivity contribution in [2.75, 3.05) is 31.5 Å². The van der Waals surface area contributed by atoms with Gasteiger partial charge in [-0.05, 0) is 61.1 Å². The Morgan fingerprint density at radius 3 is 2.29 bits per heavy atom. The van der Waals surface area contributed by atoms with E-state index in [0.29, 0.717) is 48.9 Å². The van der Waals surface area contributed by atoms with Crippen molar-refractivity contribution in [2.24, 2.45) is 0 Å². The van der Waals surface area contributed by atoms with Crippen LogP contribution in [0.25, 0.3) is 0 Å². The van der Waals surface area contributed by atoms with Gasteiger partial charge >= 0.3 is 6.03 Å². The van der Waals surface area contributed by atoms with E-state index in [-0.39, 0.29) is 23.9 Å². The SMILES string of the molecule is CC(=O)NC1CN(C(=O)Nc2cc(C(=O)N3CCC(c4ccc(C#N)cc4)CC3)ccc2C)C1. The topological polar surface area (TPSA) is 106 Å². The van der Waals surface area contributed by atoms with Crippen molar-refractivity contribution in [3.63, 3.8) is 0 Å². The van der Waals surface area contributed by atoms with Gasteiger partial charge in [0.1, 0.15) is 0 Å². The molecule has 0 saturated carbocycles. The van der Waals surface area contributed by atoms with Crippen LogP contribution in [0.4, 0.5) is 10.5 Å². The summed E-state index contributed by atoms with van der Waals surface area (Å²) in [6.45, 7) is 5.62. The molecule has 0 radical (unpaired) electrons. The summed E-state index contributed by atoms with van der Waals surface area (Å²) in [6, 6.07) is 15.0. The number of carbonyl (C=O) groups excluding carboxylic acids is 3. The first-order chi connectivity index (χ1) is 16.3. The molecule has 4 amide bonds. The first-order valence-electron chi connectivity index (χ1n) is 11.6. The van der Waals surface area contributed by atoms with Crippen LogP contribution in [0.3, 0.4) is 0 Å². The standard InChI is InChI=1S/C26H29N5O3/c1-17-3-6-22(13-24(17)29-26(34)31-15-23(16-31)28-18(2)32)25(33)30-11-9-21(10-12-30)20-7-4-19(14-27)5-8-20/h3-8,13,21,23H,9-12,15-16H2,1-2H3,(H,28,32)(H,29,34). The first kappa shape index (κ1) is 23.3. The molecule has 2 aromatic carbocycles. The van der Waals surface area contributed by atoms with Crippen molar-refractivity contribution in [1.29, 1.82) is 5.26 Å². The number of hydrogen-bond donors (Lipinski definition) is 2. The Balaban J connectivity index is 1.34. The Bertz CT molecular complexity index is 1120. The lowest BCUT2D eigenvalue weighted by molar-refractivity contribution is -0.120. The Morgan fingerprint density at radius 1 is 1.00 bits per heavy atom. The molecule has 8 nitrogen and oxygen atoms in total. The minimum Gasteiger partial charge on any atom is -0.350 e. The molecule has 176 valence electrons. The molecule has 0 spiro atoms. The zero-order chi connectivity index (χ0) is 24.2. The van der Waals surface area contributed by atoms with Gasteiger partial charge in [0, 0.05) is 44.4 Å². The van der Waals surface area contributed by atoms with E-state index in [4.69, 9.17) is 5.26 Å². The Hall–Kier alpha value is -3.86. The maximum absolute atomic E-state index is 13.1. The number of aryl methyl sites for hydroxylation is 1. The zero-order valence-corrected chi connectivity index (χ0v) is 19.5. The second kappa shape index (κ2) is 9.96. The van der Waals surface area contributed by atoms with Crippen LogP contribution in [-0.4, -0.2) is 59.9 Å². The summed E-state index contributed by atoms with van der Waals surface area (Å²) in [5.74, 6) is 0.235. The van der Waals surface area contributed by atoms with Gasteiger partial charge in [-0.3, -0.25) is 9.59 Å². The summed E-state index contributed by atoms with van der Waals surface area (Å²) in [7, 11) is 0. The van der Waals surface area contributed by atoms with E-state index in [1.54, 1.807) is 17.0 Å². The second-order valence-electron chi connectivity index (χ2n) is 9.06. The third-order valence-corrected chi connectivity index (χ3v) is 6.60. The quantitative estimate of drug-likeness (QED) is 0.732. The number of nitrogens with one attached hydrogen (secondary N) is 2. The second-order valence-corrected chi connectivity index (χ2v) is 9.06. The number of carbonyl (C=O) groups is 3. The van der Waals surface area contributed by atoms with Crippen LogP contribution in [0.2, 0.25) is 0 Å². The van der Waals surface area contributed by atoms with Crippen LogP contribution in [0.1, 0.15) is 52.7 Å². The maximum Gasteiger partial charge on any atom is 0.321 e. The average Bonchev–Trinajstić information content (AvgIpc) is 2.82. The molecule has 2 aliphatic rings. The van der Waals surface area contributed by atoms with Crippen molar-refractivity contribution in [1.82, 2.24) is 15.1 Å². The van der Waals surface area contributed by atoms with Crippen LogP contribution in [-0.2, 0) is 4.79 Å². The van der Waals surface area contributed by atoms with Gasteiger partial charge in [-0.15, -0.1) is 0 Å². The van der Waals surface area contributed by atoms with Crippen LogP contribution in [0.15, 0.2) is 42.5 Å².